The number of alkyl halides is 4. The van der Waals surface area contributed by atoms with Crippen LogP contribution in [0.15, 0.2) is 136 Å². The predicted octanol–water partition coefficient (Wildman–Crippen LogP) is 9.93. The van der Waals surface area contributed by atoms with E-state index in [1.54, 1.807) is 52.4 Å². The summed E-state index contributed by atoms with van der Waals surface area (Å²) in [6.45, 7) is -5.87. The molecule has 52 heavy (non-hydrogen) atoms. The van der Waals surface area contributed by atoms with Crippen LogP contribution in [-0.4, -0.2) is 17.8 Å². The molecule has 0 amide bonds. The molecule has 12 heteroatoms. The number of thiazole rings is 1. The average Bonchev–Trinajstić information content (AvgIpc) is 3.74. The molecule has 0 saturated carbocycles. The normalized spacial score (nSPS) is 17.8. The van der Waals surface area contributed by atoms with Crippen molar-refractivity contribution in [2.45, 2.75) is 38.5 Å². The van der Waals surface area contributed by atoms with Crippen molar-refractivity contribution in [3.63, 3.8) is 0 Å². The number of benzene rings is 4. The van der Waals surface area contributed by atoms with Gasteiger partial charge in [0.05, 0.1) is 16.0 Å². The van der Waals surface area contributed by atoms with Gasteiger partial charge in [-0.15, -0.1) is 0 Å². The van der Waals surface area contributed by atoms with E-state index in [0.29, 0.717) is 15.8 Å². The lowest BCUT2D eigenvalue weighted by molar-refractivity contribution is -0.0505. The Morgan fingerprint density at radius 3 is 1.85 bits per heavy atom. The topological polar surface area (TPSA) is 52.8 Å². The zero-order chi connectivity index (χ0) is 35.8. The van der Waals surface area contributed by atoms with Crippen LogP contribution in [-0.2, 0) is 0 Å². The fourth-order valence-corrected chi connectivity index (χ4v) is 10.6. The fourth-order valence-electron chi connectivity index (χ4n) is 6.61. The second-order valence-electron chi connectivity index (χ2n) is 12.1. The number of fused-ring (bicyclic) bond motifs is 1. The summed E-state index contributed by atoms with van der Waals surface area (Å²) < 4.78 is 63.9. The number of allylic oxidation sites excluding steroid dienone is 2. The number of thioether (sulfide) groups is 2. The second kappa shape index (κ2) is 14.7. The largest absolute Gasteiger partial charge is 0.435 e. The summed E-state index contributed by atoms with van der Waals surface area (Å²) in [5.41, 5.74) is 6.16. The van der Waals surface area contributed by atoms with Gasteiger partial charge in [0.2, 0.25) is 0 Å². The van der Waals surface area contributed by atoms with Gasteiger partial charge in [-0.2, -0.15) is 17.6 Å². The maximum Gasteiger partial charge on any atom is 0.387 e. The van der Waals surface area contributed by atoms with Gasteiger partial charge in [-0.3, -0.25) is 9.36 Å². The zero-order valence-electron chi connectivity index (χ0n) is 27.2. The molecule has 3 heterocycles. The van der Waals surface area contributed by atoms with E-state index in [-0.39, 0.29) is 17.1 Å². The van der Waals surface area contributed by atoms with Crippen molar-refractivity contribution in [3.05, 3.63) is 168 Å². The molecule has 8 rings (SSSR count). The molecule has 2 aliphatic heterocycles. The summed E-state index contributed by atoms with van der Waals surface area (Å²) in [4.78, 5) is 22.5. The Morgan fingerprint density at radius 1 is 0.731 bits per heavy atom. The molecular formula is C40H28F4N2O3S3. The van der Waals surface area contributed by atoms with Crippen molar-refractivity contribution >= 4 is 55.0 Å². The molecule has 1 aliphatic carbocycles. The fraction of sp³-hybridized carbons (Fsp3) is 0.150. The summed E-state index contributed by atoms with van der Waals surface area (Å²) in [5, 5.41) is 0. The van der Waals surface area contributed by atoms with Crippen LogP contribution in [0.4, 0.5) is 17.6 Å². The average molecular weight is 757 g/mol. The molecule has 1 aromatic heterocycles. The third kappa shape index (κ3) is 6.90. The smallest absolute Gasteiger partial charge is 0.387 e. The van der Waals surface area contributed by atoms with E-state index in [1.165, 1.54) is 35.6 Å². The molecule has 3 aliphatic rings. The van der Waals surface area contributed by atoms with Crippen LogP contribution in [0, 0.1) is 0 Å². The number of halogens is 4. The molecular weight excluding hydrogens is 729 g/mol. The van der Waals surface area contributed by atoms with Gasteiger partial charge < -0.3 is 9.47 Å². The number of hydrogen-bond donors (Lipinski definition) is 0. The molecule has 5 aromatic rings. The molecule has 0 spiro atoms. The minimum atomic E-state index is -2.96. The third-order valence-electron chi connectivity index (χ3n) is 8.83. The zero-order valence-corrected chi connectivity index (χ0v) is 29.6. The summed E-state index contributed by atoms with van der Waals surface area (Å²) in [7, 11) is 0. The van der Waals surface area contributed by atoms with Crippen molar-refractivity contribution in [2.24, 2.45) is 4.99 Å². The van der Waals surface area contributed by atoms with E-state index in [4.69, 9.17) is 4.99 Å². The quantitative estimate of drug-likeness (QED) is 0.148. The molecule has 0 bridgehead atoms. The lowest BCUT2D eigenvalue weighted by Gasteiger charge is -2.31. The molecule has 1 atom stereocenters. The van der Waals surface area contributed by atoms with Gasteiger partial charge in [0.1, 0.15) is 16.0 Å². The molecule has 0 radical (unpaired) electrons. The molecule has 5 nitrogen and oxygen atoms in total. The molecule has 0 N–H and O–H groups in total. The van der Waals surface area contributed by atoms with Crippen molar-refractivity contribution in [1.29, 1.82) is 0 Å². The van der Waals surface area contributed by atoms with E-state index in [1.807, 2.05) is 42.5 Å². The van der Waals surface area contributed by atoms with Crippen LogP contribution >= 0.6 is 34.9 Å². The highest BCUT2D eigenvalue weighted by molar-refractivity contribution is 8.41. The van der Waals surface area contributed by atoms with Gasteiger partial charge in [-0.1, -0.05) is 120 Å². The van der Waals surface area contributed by atoms with Crippen LogP contribution in [0.3, 0.4) is 0 Å². The summed E-state index contributed by atoms with van der Waals surface area (Å²) in [6.07, 6.45) is 4.18. The highest BCUT2D eigenvalue weighted by Crippen LogP contribution is 2.57. The first-order valence-corrected chi connectivity index (χ1v) is 18.9. The van der Waals surface area contributed by atoms with Crippen LogP contribution in [0.5, 0.6) is 11.5 Å². The summed E-state index contributed by atoms with van der Waals surface area (Å²) >= 11 is 4.50. The van der Waals surface area contributed by atoms with E-state index < -0.39 is 19.3 Å². The first kappa shape index (κ1) is 34.3. The Balaban J connectivity index is 1.27. The van der Waals surface area contributed by atoms with Crippen LogP contribution in [0.1, 0.15) is 47.6 Å². The van der Waals surface area contributed by atoms with E-state index in [9.17, 15) is 22.4 Å². The van der Waals surface area contributed by atoms with Gasteiger partial charge >= 0.3 is 13.2 Å². The number of nitrogens with zero attached hydrogens (tertiary/aromatic N) is 2. The minimum absolute atomic E-state index is 0.0257. The highest BCUT2D eigenvalue weighted by atomic mass is 32.2. The van der Waals surface area contributed by atoms with Gasteiger partial charge in [0, 0.05) is 9.81 Å². The number of aromatic nitrogens is 1. The number of ether oxygens (including phenoxy) is 2. The van der Waals surface area contributed by atoms with E-state index in [0.717, 1.165) is 66.0 Å². The third-order valence-corrected chi connectivity index (χ3v) is 12.8. The van der Waals surface area contributed by atoms with E-state index in [2.05, 4.69) is 33.7 Å². The maximum absolute atomic E-state index is 14.7. The van der Waals surface area contributed by atoms with Crippen LogP contribution in [0.25, 0.3) is 20.1 Å². The van der Waals surface area contributed by atoms with Crippen LogP contribution in [0.2, 0.25) is 0 Å². The van der Waals surface area contributed by atoms with Gasteiger partial charge in [-0.25, -0.2) is 4.99 Å². The van der Waals surface area contributed by atoms with Crippen molar-refractivity contribution in [2.75, 3.05) is 0 Å². The Kier molecular flexibility index (Phi) is 9.69. The lowest BCUT2D eigenvalue weighted by atomic mass is 9.84. The second-order valence-corrected chi connectivity index (χ2v) is 15.4. The van der Waals surface area contributed by atoms with Gasteiger partial charge in [-0.05, 0) is 83.0 Å². The first-order chi connectivity index (χ1) is 25.3. The Bertz CT molecular complexity index is 2350. The van der Waals surface area contributed by atoms with Crippen molar-refractivity contribution in [3.8, 4) is 11.5 Å². The van der Waals surface area contributed by atoms with E-state index >= 15 is 0 Å². The predicted molar refractivity (Wildman–Crippen MR) is 201 cm³/mol. The number of hydrogen-bond acceptors (Lipinski definition) is 7. The SMILES string of the molecule is O=c1c(=C2SC(c3ccccc3)=C(c3ccccc3)S2)sc2n1C(c1ccc(OC(F)F)cc1)C1=C(N=2)/C(=C/c2ccc(OC(F)F)cc2)CCC1. The molecule has 0 fully saturated rings. The maximum atomic E-state index is 14.7. The van der Waals surface area contributed by atoms with Gasteiger partial charge in [0.25, 0.3) is 5.56 Å². The van der Waals surface area contributed by atoms with Gasteiger partial charge in [0.15, 0.2) is 4.80 Å². The summed E-state index contributed by atoms with van der Waals surface area (Å²) in [6, 6.07) is 32.6. The van der Waals surface area contributed by atoms with Crippen LogP contribution < -0.4 is 24.4 Å². The molecule has 1 unspecified atom stereocenters. The molecule has 0 saturated heterocycles. The Labute approximate surface area is 308 Å². The molecule has 262 valence electrons. The van der Waals surface area contributed by atoms with Crippen molar-refractivity contribution in [1.82, 2.24) is 4.57 Å². The minimum Gasteiger partial charge on any atom is -0.435 e. The highest BCUT2D eigenvalue weighted by Gasteiger charge is 2.34. The Hall–Kier alpha value is -4.78. The Morgan fingerprint density at radius 2 is 1.29 bits per heavy atom. The summed E-state index contributed by atoms with van der Waals surface area (Å²) in [5.74, 6) is 0.0933. The standard InChI is InChI=1S/C40H28F4N2O3S3/c41-38(42)48-28-18-14-23(15-19-28)22-27-12-7-13-30-31(27)45-40-46(32(30)24-16-20-29(21-17-24)49-39(43)44)36(47)35(52-40)37-50-33(25-8-3-1-4-9-25)34(51-37)26-10-5-2-6-11-26/h1-6,8-11,14-22,32,38-39H,7,12-13H2/b27-22+. The number of rotatable bonds is 8. The lowest BCUT2D eigenvalue weighted by Crippen LogP contribution is -2.39. The monoisotopic (exact) mass is 756 g/mol. The molecule has 4 aromatic carbocycles. The van der Waals surface area contributed by atoms with Crippen molar-refractivity contribution < 1.29 is 27.0 Å². The first-order valence-electron chi connectivity index (χ1n) is 16.4.